The average Bonchev–Trinajstić information content (AvgIpc) is 2.82. The first kappa shape index (κ1) is 13.5. The van der Waals surface area contributed by atoms with Crippen LogP contribution in [0.5, 0.6) is 0 Å². The van der Waals surface area contributed by atoms with Crippen LogP contribution in [-0.2, 0) is 6.54 Å². The molecule has 5 nitrogen and oxygen atoms in total. The van der Waals surface area contributed by atoms with E-state index < -0.39 is 5.91 Å². The number of carbonyl (C=O) groups excluding carboxylic acids is 1. The van der Waals surface area contributed by atoms with Gasteiger partial charge in [-0.25, -0.2) is 4.98 Å². The van der Waals surface area contributed by atoms with E-state index in [0.29, 0.717) is 22.8 Å². The maximum absolute atomic E-state index is 11.4. The van der Waals surface area contributed by atoms with Gasteiger partial charge in [0.25, 0.3) is 5.91 Å². The van der Waals surface area contributed by atoms with Crippen LogP contribution >= 0.6 is 11.6 Å². The summed E-state index contributed by atoms with van der Waals surface area (Å²) in [6.45, 7) is 0.621. The van der Waals surface area contributed by atoms with Crippen LogP contribution in [0.15, 0.2) is 42.7 Å². The first-order valence-electron chi connectivity index (χ1n) is 6.33. The van der Waals surface area contributed by atoms with Crippen molar-refractivity contribution in [3.8, 4) is 0 Å². The van der Waals surface area contributed by atoms with Crippen LogP contribution in [0.1, 0.15) is 15.9 Å². The number of amides is 1. The van der Waals surface area contributed by atoms with Gasteiger partial charge < -0.3 is 16.0 Å². The second-order valence-corrected chi connectivity index (χ2v) is 5.23. The Hall–Kier alpha value is -2.53. The molecule has 0 fully saturated rings. The molecule has 106 valence electrons. The van der Waals surface area contributed by atoms with Crippen LogP contribution in [0, 0.1) is 0 Å². The molecule has 3 rings (SSSR count). The van der Waals surface area contributed by atoms with Crippen molar-refractivity contribution < 1.29 is 4.79 Å². The third kappa shape index (κ3) is 2.55. The molecule has 0 aliphatic heterocycles. The Balaban J connectivity index is 2.04. The van der Waals surface area contributed by atoms with Gasteiger partial charge in [-0.15, -0.1) is 0 Å². The molecular weight excluding hydrogens is 288 g/mol. The molecule has 0 aliphatic rings. The number of nitrogens with two attached hydrogens (primary N) is 2. The van der Waals surface area contributed by atoms with E-state index in [4.69, 9.17) is 23.1 Å². The Morgan fingerprint density at radius 2 is 1.95 bits per heavy atom. The predicted molar refractivity (Wildman–Crippen MR) is 83.2 cm³/mol. The molecule has 4 N–H and O–H groups in total. The van der Waals surface area contributed by atoms with E-state index >= 15 is 0 Å². The fraction of sp³-hybridized carbons (Fsp3) is 0.0667. The topological polar surface area (TPSA) is 86.9 Å². The molecule has 0 saturated carbocycles. The summed E-state index contributed by atoms with van der Waals surface area (Å²) in [5, 5.41) is 0.693. The van der Waals surface area contributed by atoms with Crippen LogP contribution in [0.3, 0.4) is 0 Å². The lowest BCUT2D eigenvalue weighted by Crippen LogP contribution is -2.13. The van der Waals surface area contributed by atoms with Crippen LogP contribution in [0.4, 0.5) is 5.69 Å². The second-order valence-electron chi connectivity index (χ2n) is 4.79. The molecule has 1 aromatic heterocycles. The molecule has 0 atom stereocenters. The first-order valence-corrected chi connectivity index (χ1v) is 6.71. The number of nitrogen functional groups attached to an aromatic ring is 1. The van der Waals surface area contributed by atoms with Crippen molar-refractivity contribution >= 4 is 34.2 Å². The minimum Gasteiger partial charge on any atom is -0.398 e. The van der Waals surface area contributed by atoms with Gasteiger partial charge in [0.2, 0.25) is 0 Å². The van der Waals surface area contributed by atoms with Gasteiger partial charge >= 0.3 is 0 Å². The van der Waals surface area contributed by atoms with Crippen LogP contribution < -0.4 is 11.5 Å². The number of hydrogen-bond acceptors (Lipinski definition) is 3. The molecule has 0 spiro atoms. The lowest BCUT2D eigenvalue weighted by Gasteiger charge is -2.07. The number of aromatic nitrogens is 2. The van der Waals surface area contributed by atoms with Gasteiger partial charge in [-0.2, -0.15) is 0 Å². The Morgan fingerprint density at radius 1 is 1.24 bits per heavy atom. The highest BCUT2D eigenvalue weighted by molar-refractivity contribution is 6.30. The second kappa shape index (κ2) is 5.10. The van der Waals surface area contributed by atoms with Gasteiger partial charge in [0.15, 0.2) is 0 Å². The Bertz CT molecular complexity index is 824. The van der Waals surface area contributed by atoms with Gasteiger partial charge in [0.05, 0.1) is 22.9 Å². The van der Waals surface area contributed by atoms with Gasteiger partial charge in [-0.05, 0) is 29.8 Å². The number of imidazole rings is 1. The number of hydrogen-bond donors (Lipinski definition) is 2. The third-order valence-corrected chi connectivity index (χ3v) is 3.58. The molecule has 0 saturated heterocycles. The Labute approximate surface area is 126 Å². The first-order chi connectivity index (χ1) is 10.0. The molecule has 1 heterocycles. The molecule has 0 radical (unpaired) electrons. The van der Waals surface area contributed by atoms with E-state index in [-0.39, 0.29) is 0 Å². The van der Waals surface area contributed by atoms with E-state index in [1.807, 2.05) is 28.8 Å². The zero-order chi connectivity index (χ0) is 15.0. The fourth-order valence-corrected chi connectivity index (χ4v) is 2.37. The molecule has 1 amide bonds. The molecule has 0 bridgehead atoms. The third-order valence-electron chi connectivity index (χ3n) is 3.32. The van der Waals surface area contributed by atoms with Gasteiger partial charge in [0, 0.05) is 17.3 Å². The standard InChI is InChI=1S/C15H13ClN4O/c16-10-3-1-9(2-4-10)7-20-8-19-13-6-12(17)11(15(18)21)5-14(13)20/h1-6,8H,7,17H2,(H2,18,21). The Kier molecular flexibility index (Phi) is 3.27. The molecule has 21 heavy (non-hydrogen) atoms. The zero-order valence-corrected chi connectivity index (χ0v) is 11.8. The van der Waals surface area contributed by atoms with Gasteiger partial charge in [-0.1, -0.05) is 23.7 Å². The lowest BCUT2D eigenvalue weighted by atomic mass is 10.1. The highest BCUT2D eigenvalue weighted by atomic mass is 35.5. The fourth-order valence-electron chi connectivity index (χ4n) is 2.25. The van der Waals surface area contributed by atoms with Gasteiger partial charge in [-0.3, -0.25) is 4.79 Å². The van der Waals surface area contributed by atoms with E-state index in [9.17, 15) is 4.79 Å². The maximum Gasteiger partial charge on any atom is 0.250 e. The van der Waals surface area contributed by atoms with E-state index in [1.165, 1.54) is 0 Å². The number of anilines is 1. The SMILES string of the molecule is NC(=O)c1cc2c(cc1N)ncn2Cc1ccc(Cl)cc1. The summed E-state index contributed by atoms with van der Waals surface area (Å²) in [5.41, 5.74) is 14.4. The minimum atomic E-state index is -0.548. The van der Waals surface area contributed by atoms with E-state index in [1.54, 1.807) is 18.5 Å². The van der Waals surface area contributed by atoms with Crippen molar-refractivity contribution in [3.05, 3.63) is 58.9 Å². The normalized spacial score (nSPS) is 10.9. The summed E-state index contributed by atoms with van der Waals surface area (Å²) < 4.78 is 1.93. The smallest absolute Gasteiger partial charge is 0.250 e. The lowest BCUT2D eigenvalue weighted by molar-refractivity contribution is 0.100. The largest absolute Gasteiger partial charge is 0.398 e. The number of primary amides is 1. The number of benzene rings is 2. The number of carbonyl (C=O) groups is 1. The summed E-state index contributed by atoms with van der Waals surface area (Å²) >= 11 is 5.88. The van der Waals surface area contributed by atoms with E-state index in [2.05, 4.69) is 4.98 Å². The van der Waals surface area contributed by atoms with Crippen molar-refractivity contribution in [1.29, 1.82) is 0 Å². The molecule has 0 unspecified atom stereocenters. The number of nitrogens with zero attached hydrogens (tertiary/aromatic N) is 2. The average molecular weight is 301 g/mol. The summed E-state index contributed by atoms with van der Waals surface area (Å²) in [7, 11) is 0. The monoisotopic (exact) mass is 300 g/mol. The van der Waals surface area contributed by atoms with Crippen molar-refractivity contribution in [2.24, 2.45) is 5.73 Å². The predicted octanol–water partition coefficient (Wildman–Crippen LogP) is 2.42. The highest BCUT2D eigenvalue weighted by Crippen LogP contribution is 2.22. The summed E-state index contributed by atoms with van der Waals surface area (Å²) in [6.07, 6.45) is 1.71. The van der Waals surface area contributed by atoms with Crippen molar-refractivity contribution in [2.45, 2.75) is 6.54 Å². The summed E-state index contributed by atoms with van der Waals surface area (Å²) in [6, 6.07) is 10.9. The van der Waals surface area contributed by atoms with Crippen molar-refractivity contribution in [3.63, 3.8) is 0 Å². The summed E-state index contributed by atoms with van der Waals surface area (Å²) in [4.78, 5) is 15.7. The van der Waals surface area contributed by atoms with Gasteiger partial charge in [0.1, 0.15) is 0 Å². The van der Waals surface area contributed by atoms with Crippen LogP contribution in [-0.4, -0.2) is 15.5 Å². The molecule has 0 aliphatic carbocycles. The van der Waals surface area contributed by atoms with Crippen LogP contribution in [0.2, 0.25) is 5.02 Å². The molecule has 2 aromatic carbocycles. The number of halogens is 1. The highest BCUT2D eigenvalue weighted by Gasteiger charge is 2.11. The molecule has 6 heteroatoms. The summed E-state index contributed by atoms with van der Waals surface area (Å²) in [5.74, 6) is -0.548. The Morgan fingerprint density at radius 3 is 2.62 bits per heavy atom. The number of rotatable bonds is 3. The zero-order valence-electron chi connectivity index (χ0n) is 11.1. The molecule has 3 aromatic rings. The minimum absolute atomic E-state index is 0.306. The number of fused-ring (bicyclic) bond motifs is 1. The van der Waals surface area contributed by atoms with E-state index in [0.717, 1.165) is 16.6 Å². The quantitative estimate of drug-likeness (QED) is 0.728. The molecular formula is C15H13ClN4O. The van der Waals surface area contributed by atoms with Crippen molar-refractivity contribution in [2.75, 3.05) is 5.73 Å². The van der Waals surface area contributed by atoms with Crippen LogP contribution in [0.25, 0.3) is 11.0 Å². The maximum atomic E-state index is 11.4. The van der Waals surface area contributed by atoms with Crippen molar-refractivity contribution in [1.82, 2.24) is 9.55 Å².